The fourth-order valence-corrected chi connectivity index (χ4v) is 5.37. The molecular weight excluding hydrogens is 338 g/mol. The minimum atomic E-state index is -2.93. The summed E-state index contributed by atoms with van der Waals surface area (Å²) in [5.41, 5.74) is 0. The third-order valence-corrected chi connectivity index (χ3v) is 6.23. The summed E-state index contributed by atoms with van der Waals surface area (Å²) in [6.07, 6.45) is 3.53. The van der Waals surface area contributed by atoms with Gasteiger partial charge in [0.05, 0.1) is 30.2 Å². The maximum Gasteiger partial charge on any atom is 0.407 e. The van der Waals surface area contributed by atoms with Crippen molar-refractivity contribution in [1.82, 2.24) is 15.5 Å². The number of thiocarbonyl (C=S) groups is 1. The van der Waals surface area contributed by atoms with Crippen LogP contribution in [0.5, 0.6) is 0 Å². The second-order valence-electron chi connectivity index (χ2n) is 5.96. The van der Waals surface area contributed by atoms with E-state index in [2.05, 4.69) is 10.6 Å². The third kappa shape index (κ3) is 5.20. The van der Waals surface area contributed by atoms with Crippen LogP contribution in [0.2, 0.25) is 0 Å². The Labute approximate surface area is 143 Å². The van der Waals surface area contributed by atoms with Gasteiger partial charge in [0, 0.05) is 13.1 Å². The van der Waals surface area contributed by atoms with Crippen LogP contribution in [0.3, 0.4) is 0 Å². The highest BCUT2D eigenvalue weighted by molar-refractivity contribution is 7.91. The zero-order valence-electron chi connectivity index (χ0n) is 13.4. The number of hydrogen-bond donors (Lipinski definition) is 2. The molecule has 2 fully saturated rings. The van der Waals surface area contributed by atoms with Gasteiger partial charge in [0.2, 0.25) is 0 Å². The van der Waals surface area contributed by atoms with Gasteiger partial charge in [-0.2, -0.15) is 0 Å². The number of ether oxygens (including phenoxy) is 1. The van der Waals surface area contributed by atoms with Gasteiger partial charge in [-0.05, 0) is 32.0 Å². The van der Waals surface area contributed by atoms with E-state index in [4.69, 9.17) is 17.0 Å². The lowest BCUT2D eigenvalue weighted by molar-refractivity contribution is 0.152. The summed E-state index contributed by atoms with van der Waals surface area (Å²) in [5, 5.41) is 6.50. The Hall–Kier alpha value is -1.09. The lowest BCUT2D eigenvalue weighted by atomic mass is 10.1. The molecule has 0 aliphatic carbocycles. The molecule has 0 aromatic heterocycles. The molecule has 0 radical (unpaired) electrons. The van der Waals surface area contributed by atoms with Gasteiger partial charge >= 0.3 is 6.09 Å². The topological polar surface area (TPSA) is 87.7 Å². The van der Waals surface area contributed by atoms with Gasteiger partial charge < -0.3 is 20.3 Å². The normalized spacial score (nSPS) is 25.1. The van der Waals surface area contributed by atoms with Gasteiger partial charge in [-0.15, -0.1) is 0 Å². The molecule has 2 atom stereocenters. The maximum atomic E-state index is 11.7. The fraction of sp³-hybridized carbons (Fsp3) is 0.857. The van der Waals surface area contributed by atoms with Gasteiger partial charge in [0.1, 0.15) is 0 Å². The molecule has 2 aliphatic heterocycles. The Kier molecular flexibility index (Phi) is 6.46. The Bertz CT molecular complexity index is 538. The lowest BCUT2D eigenvalue weighted by Crippen LogP contribution is -2.37. The van der Waals surface area contributed by atoms with E-state index in [0.717, 1.165) is 32.2 Å². The number of carbonyl (C=O) groups excluding carboxylic acids is 1. The molecule has 2 saturated heterocycles. The van der Waals surface area contributed by atoms with Crippen LogP contribution in [0, 0.1) is 0 Å². The first kappa shape index (κ1) is 18.3. The molecule has 2 heterocycles. The Morgan fingerprint density at radius 3 is 2.83 bits per heavy atom. The molecule has 7 nitrogen and oxygen atoms in total. The molecule has 132 valence electrons. The van der Waals surface area contributed by atoms with Crippen LogP contribution in [0.25, 0.3) is 0 Å². The summed E-state index contributed by atoms with van der Waals surface area (Å²) in [5.74, 6) is 0.391. The van der Waals surface area contributed by atoms with Crippen molar-refractivity contribution in [3.05, 3.63) is 0 Å². The van der Waals surface area contributed by atoms with E-state index in [1.807, 2.05) is 4.90 Å². The van der Waals surface area contributed by atoms with Crippen molar-refractivity contribution >= 4 is 33.3 Å². The standard InChI is InChI=1S/C14H25N3O4S2/c1-2-21-14(18)15-7-5-3-4-6-8-17-12-10-23(19,20)9-11(12)16-13(17)22/h11-12H,2-10H2,1H3,(H,15,18)(H,16,22)/t11-,12-/m1/s1. The van der Waals surface area contributed by atoms with Crippen LogP contribution in [0.1, 0.15) is 32.6 Å². The van der Waals surface area contributed by atoms with Gasteiger partial charge in [-0.3, -0.25) is 0 Å². The number of unbranched alkanes of at least 4 members (excludes halogenated alkanes) is 3. The van der Waals surface area contributed by atoms with Gasteiger partial charge in [0.25, 0.3) is 0 Å². The molecule has 23 heavy (non-hydrogen) atoms. The second-order valence-corrected chi connectivity index (χ2v) is 8.50. The molecule has 0 bridgehead atoms. The van der Waals surface area contributed by atoms with Crippen molar-refractivity contribution in [1.29, 1.82) is 0 Å². The van der Waals surface area contributed by atoms with Crippen LogP contribution >= 0.6 is 12.2 Å². The molecular formula is C14H25N3O4S2. The van der Waals surface area contributed by atoms with Crippen molar-refractivity contribution in [2.75, 3.05) is 31.2 Å². The van der Waals surface area contributed by atoms with Crippen LogP contribution in [-0.4, -0.2) is 67.8 Å². The average Bonchev–Trinajstić information content (AvgIpc) is 2.89. The quantitative estimate of drug-likeness (QED) is 0.483. The largest absolute Gasteiger partial charge is 0.450 e. The summed E-state index contributed by atoms with van der Waals surface area (Å²) in [6, 6.07) is -0.0424. The molecule has 1 amide bonds. The molecule has 0 aromatic carbocycles. The van der Waals surface area contributed by atoms with E-state index in [0.29, 0.717) is 18.3 Å². The number of sulfone groups is 1. The number of fused-ring (bicyclic) bond motifs is 1. The number of amides is 1. The molecule has 2 rings (SSSR count). The zero-order chi connectivity index (χ0) is 16.9. The SMILES string of the molecule is CCOC(=O)NCCCCCCN1C(=S)N[C@@H]2CS(=O)(=O)C[C@H]21. The lowest BCUT2D eigenvalue weighted by Gasteiger charge is -2.23. The van der Waals surface area contributed by atoms with E-state index < -0.39 is 9.84 Å². The van der Waals surface area contributed by atoms with Crippen LogP contribution in [0.15, 0.2) is 0 Å². The number of nitrogens with zero attached hydrogens (tertiary/aromatic N) is 1. The molecule has 2 N–H and O–H groups in total. The Morgan fingerprint density at radius 2 is 2.09 bits per heavy atom. The van der Waals surface area contributed by atoms with E-state index in [-0.39, 0.29) is 29.7 Å². The third-order valence-electron chi connectivity index (χ3n) is 4.16. The predicted molar refractivity (Wildman–Crippen MR) is 92.2 cm³/mol. The van der Waals surface area contributed by atoms with Gasteiger partial charge in [0.15, 0.2) is 14.9 Å². The molecule has 0 aromatic rings. The van der Waals surface area contributed by atoms with Gasteiger partial charge in [-0.25, -0.2) is 13.2 Å². The number of hydrogen-bond acceptors (Lipinski definition) is 5. The zero-order valence-corrected chi connectivity index (χ0v) is 15.0. The number of carbonyl (C=O) groups is 1. The molecule has 9 heteroatoms. The highest BCUT2D eigenvalue weighted by Gasteiger charge is 2.46. The molecule has 2 aliphatic rings. The number of nitrogens with one attached hydrogen (secondary N) is 2. The minimum absolute atomic E-state index is 0.00187. The minimum Gasteiger partial charge on any atom is -0.450 e. The van der Waals surface area contributed by atoms with Crippen molar-refractivity contribution in [3.8, 4) is 0 Å². The summed E-state index contributed by atoms with van der Waals surface area (Å²) < 4.78 is 28.2. The molecule has 0 unspecified atom stereocenters. The Balaban J connectivity index is 1.59. The van der Waals surface area contributed by atoms with E-state index >= 15 is 0 Å². The first-order chi connectivity index (χ1) is 10.9. The first-order valence-corrected chi connectivity index (χ1v) is 10.3. The fourth-order valence-electron chi connectivity index (χ4n) is 3.07. The summed E-state index contributed by atoms with van der Waals surface area (Å²) in [7, 11) is -2.93. The van der Waals surface area contributed by atoms with E-state index in [9.17, 15) is 13.2 Å². The second kappa shape index (κ2) is 8.14. The van der Waals surface area contributed by atoms with Crippen molar-refractivity contribution in [2.45, 2.75) is 44.7 Å². The highest BCUT2D eigenvalue weighted by atomic mass is 32.2. The highest BCUT2D eigenvalue weighted by Crippen LogP contribution is 2.24. The Morgan fingerprint density at radius 1 is 1.35 bits per heavy atom. The van der Waals surface area contributed by atoms with Crippen LogP contribution in [-0.2, 0) is 14.6 Å². The first-order valence-electron chi connectivity index (χ1n) is 8.11. The number of alkyl carbamates (subject to hydrolysis) is 1. The number of rotatable bonds is 8. The van der Waals surface area contributed by atoms with E-state index in [1.165, 1.54) is 0 Å². The molecule has 0 saturated carbocycles. The van der Waals surface area contributed by atoms with Gasteiger partial charge in [-0.1, -0.05) is 12.8 Å². The molecule has 0 spiro atoms. The van der Waals surface area contributed by atoms with Crippen molar-refractivity contribution in [2.24, 2.45) is 0 Å². The average molecular weight is 364 g/mol. The predicted octanol–water partition coefficient (Wildman–Crippen LogP) is 0.649. The smallest absolute Gasteiger partial charge is 0.407 e. The van der Waals surface area contributed by atoms with E-state index in [1.54, 1.807) is 6.92 Å². The summed E-state index contributed by atoms with van der Waals surface area (Å²) in [6.45, 7) is 3.56. The summed E-state index contributed by atoms with van der Waals surface area (Å²) in [4.78, 5) is 13.1. The monoisotopic (exact) mass is 363 g/mol. The van der Waals surface area contributed by atoms with Crippen LogP contribution in [0.4, 0.5) is 4.79 Å². The van der Waals surface area contributed by atoms with Crippen molar-refractivity contribution in [3.63, 3.8) is 0 Å². The van der Waals surface area contributed by atoms with Crippen LogP contribution < -0.4 is 10.6 Å². The van der Waals surface area contributed by atoms with Crippen molar-refractivity contribution < 1.29 is 17.9 Å². The summed E-state index contributed by atoms with van der Waals surface area (Å²) >= 11 is 5.30. The maximum absolute atomic E-state index is 11.7.